The van der Waals surface area contributed by atoms with Gasteiger partial charge in [-0.2, -0.15) is 8.42 Å². The van der Waals surface area contributed by atoms with E-state index >= 15 is 0 Å². The summed E-state index contributed by atoms with van der Waals surface area (Å²) in [5, 5.41) is 2.26. The number of rotatable bonds is 6. The van der Waals surface area contributed by atoms with Gasteiger partial charge in [-0.05, 0) is 25.5 Å². The van der Waals surface area contributed by atoms with Gasteiger partial charge in [0.15, 0.2) is 0 Å². The minimum absolute atomic E-state index is 0.0288. The van der Waals surface area contributed by atoms with Crippen molar-refractivity contribution in [2.45, 2.75) is 19.9 Å². The number of carbonyl (C=O) groups is 2. The highest BCUT2D eigenvalue weighted by Crippen LogP contribution is 2.07. The van der Waals surface area contributed by atoms with Gasteiger partial charge < -0.3 is 10.1 Å². The highest BCUT2D eigenvalue weighted by molar-refractivity contribution is 7.85. The molecule has 0 aliphatic carbocycles. The van der Waals surface area contributed by atoms with E-state index in [4.69, 9.17) is 4.55 Å². The summed E-state index contributed by atoms with van der Waals surface area (Å²) < 4.78 is 35.4. The molecule has 8 heteroatoms. The fourth-order valence-electron chi connectivity index (χ4n) is 1.69. The molecule has 0 aliphatic rings. The topological polar surface area (TPSA) is 110 Å². The zero-order chi connectivity index (χ0) is 16.0. The molecule has 0 saturated carbocycles. The Morgan fingerprint density at radius 3 is 2.48 bits per heavy atom. The molecular weight excluding hydrogens is 298 g/mol. The van der Waals surface area contributed by atoms with Crippen LogP contribution in [0.5, 0.6) is 0 Å². The molecule has 0 bridgehead atoms. The third-order valence-electron chi connectivity index (χ3n) is 2.64. The Balaban J connectivity index is 2.93. The molecule has 2 N–H and O–H groups in total. The summed E-state index contributed by atoms with van der Waals surface area (Å²) in [5.74, 6) is -2.48. The lowest BCUT2D eigenvalue weighted by Crippen LogP contribution is -2.46. The van der Waals surface area contributed by atoms with Crippen molar-refractivity contribution in [2.24, 2.45) is 0 Å². The standard InChI is InChI=1S/C13H17NO6S/c1-3-20-13(16)11(8-21(17,18)19)14-12(15)10-7-5-4-6-9(10)2/h4-7,11H,3,8H2,1-2H3,(H,14,15)(H,17,18,19)/t11-/m0/s1. The third kappa shape index (κ3) is 5.52. The molecule has 0 saturated heterocycles. The second kappa shape index (κ2) is 7.19. The zero-order valence-corrected chi connectivity index (χ0v) is 12.5. The van der Waals surface area contributed by atoms with Crippen LogP contribution < -0.4 is 5.32 Å². The van der Waals surface area contributed by atoms with Gasteiger partial charge in [-0.1, -0.05) is 18.2 Å². The number of ether oxygens (including phenoxy) is 1. The average molecular weight is 315 g/mol. The van der Waals surface area contributed by atoms with Gasteiger partial charge in [-0.25, -0.2) is 4.79 Å². The van der Waals surface area contributed by atoms with Crippen molar-refractivity contribution in [1.29, 1.82) is 0 Å². The van der Waals surface area contributed by atoms with E-state index in [2.05, 4.69) is 10.1 Å². The fourth-order valence-corrected chi connectivity index (χ4v) is 2.33. The molecule has 0 unspecified atom stereocenters. The Morgan fingerprint density at radius 1 is 1.33 bits per heavy atom. The number of hydrogen-bond acceptors (Lipinski definition) is 5. The molecule has 1 amide bonds. The lowest BCUT2D eigenvalue weighted by Gasteiger charge is -2.16. The number of benzene rings is 1. The molecule has 7 nitrogen and oxygen atoms in total. The lowest BCUT2D eigenvalue weighted by atomic mass is 10.1. The molecule has 1 rings (SSSR count). The van der Waals surface area contributed by atoms with Crippen LogP contribution in [0.2, 0.25) is 0 Å². The van der Waals surface area contributed by atoms with Gasteiger partial charge in [0.2, 0.25) is 0 Å². The fraction of sp³-hybridized carbons (Fsp3) is 0.385. The van der Waals surface area contributed by atoms with E-state index in [1.54, 1.807) is 38.1 Å². The molecule has 116 valence electrons. The predicted octanol–water partition coefficient (Wildman–Crippen LogP) is 0.544. The van der Waals surface area contributed by atoms with Crippen molar-refractivity contribution in [2.75, 3.05) is 12.4 Å². The van der Waals surface area contributed by atoms with Crippen LogP contribution >= 0.6 is 0 Å². The molecule has 0 radical (unpaired) electrons. The van der Waals surface area contributed by atoms with E-state index in [0.717, 1.165) is 0 Å². The van der Waals surface area contributed by atoms with E-state index in [-0.39, 0.29) is 6.61 Å². The van der Waals surface area contributed by atoms with Gasteiger partial charge in [0.25, 0.3) is 16.0 Å². The van der Waals surface area contributed by atoms with Gasteiger partial charge >= 0.3 is 5.97 Å². The summed E-state index contributed by atoms with van der Waals surface area (Å²) >= 11 is 0. The Kier molecular flexibility index (Phi) is 5.86. The minimum Gasteiger partial charge on any atom is -0.464 e. The normalized spacial score (nSPS) is 12.5. The summed E-state index contributed by atoms with van der Waals surface area (Å²) in [4.78, 5) is 23.7. The van der Waals surface area contributed by atoms with Crippen LogP contribution in [0, 0.1) is 6.92 Å². The van der Waals surface area contributed by atoms with Crippen molar-refractivity contribution >= 4 is 22.0 Å². The molecule has 21 heavy (non-hydrogen) atoms. The van der Waals surface area contributed by atoms with Crippen molar-refractivity contribution < 1.29 is 27.3 Å². The van der Waals surface area contributed by atoms with Crippen LogP contribution in [0.15, 0.2) is 24.3 Å². The lowest BCUT2D eigenvalue weighted by molar-refractivity contribution is -0.144. The quantitative estimate of drug-likeness (QED) is 0.586. The Bertz CT molecular complexity index is 625. The second-order valence-electron chi connectivity index (χ2n) is 4.34. The minimum atomic E-state index is -4.44. The number of aryl methyl sites for hydroxylation is 1. The molecule has 1 aromatic rings. The Morgan fingerprint density at radius 2 is 1.95 bits per heavy atom. The molecule has 1 aromatic carbocycles. The predicted molar refractivity (Wildman–Crippen MR) is 75.5 cm³/mol. The van der Waals surface area contributed by atoms with Gasteiger partial charge in [0.05, 0.1) is 6.61 Å². The van der Waals surface area contributed by atoms with Gasteiger partial charge in [0, 0.05) is 5.56 Å². The maximum absolute atomic E-state index is 12.1. The monoisotopic (exact) mass is 315 g/mol. The first-order chi connectivity index (χ1) is 9.74. The number of hydrogen-bond donors (Lipinski definition) is 2. The third-order valence-corrected chi connectivity index (χ3v) is 3.40. The molecule has 1 atom stereocenters. The van der Waals surface area contributed by atoms with E-state index in [0.29, 0.717) is 11.1 Å². The van der Waals surface area contributed by atoms with Crippen LogP contribution in [0.3, 0.4) is 0 Å². The summed E-state index contributed by atoms with van der Waals surface area (Å²) in [6, 6.07) is 5.17. The summed E-state index contributed by atoms with van der Waals surface area (Å²) in [6.07, 6.45) is 0. The highest BCUT2D eigenvalue weighted by atomic mass is 32.2. The molecule has 0 heterocycles. The first kappa shape index (κ1) is 17.1. The maximum Gasteiger partial charge on any atom is 0.329 e. The first-order valence-corrected chi connectivity index (χ1v) is 7.83. The summed E-state index contributed by atoms with van der Waals surface area (Å²) in [7, 11) is -4.44. The number of carbonyl (C=O) groups excluding carboxylic acids is 2. The van der Waals surface area contributed by atoms with Gasteiger partial charge in [0.1, 0.15) is 11.8 Å². The Labute approximate surface area is 123 Å². The van der Waals surface area contributed by atoms with Crippen molar-refractivity contribution in [3.8, 4) is 0 Å². The van der Waals surface area contributed by atoms with Crippen LogP contribution in [-0.2, 0) is 19.6 Å². The molecule has 0 aromatic heterocycles. The number of esters is 1. The Hall–Kier alpha value is -1.93. The van der Waals surface area contributed by atoms with Crippen LogP contribution in [-0.4, -0.2) is 43.2 Å². The van der Waals surface area contributed by atoms with E-state index < -0.39 is 33.8 Å². The van der Waals surface area contributed by atoms with Crippen molar-refractivity contribution in [3.05, 3.63) is 35.4 Å². The van der Waals surface area contributed by atoms with Crippen LogP contribution in [0.4, 0.5) is 0 Å². The zero-order valence-electron chi connectivity index (χ0n) is 11.7. The highest BCUT2D eigenvalue weighted by Gasteiger charge is 2.28. The van der Waals surface area contributed by atoms with Crippen LogP contribution in [0.1, 0.15) is 22.8 Å². The summed E-state index contributed by atoms with van der Waals surface area (Å²) in [6.45, 7) is 3.28. The molecule has 0 fully saturated rings. The van der Waals surface area contributed by atoms with E-state index in [1.165, 1.54) is 0 Å². The largest absolute Gasteiger partial charge is 0.464 e. The maximum atomic E-state index is 12.1. The summed E-state index contributed by atoms with van der Waals surface area (Å²) in [5.41, 5.74) is 0.978. The SMILES string of the molecule is CCOC(=O)[C@H](CS(=O)(=O)O)NC(=O)c1ccccc1C. The van der Waals surface area contributed by atoms with Gasteiger partial charge in [-0.15, -0.1) is 0 Å². The number of amides is 1. The van der Waals surface area contributed by atoms with E-state index in [9.17, 15) is 18.0 Å². The van der Waals surface area contributed by atoms with Crippen molar-refractivity contribution in [1.82, 2.24) is 5.32 Å². The van der Waals surface area contributed by atoms with E-state index in [1.807, 2.05) is 0 Å². The number of nitrogens with one attached hydrogen (secondary N) is 1. The molecule has 0 aliphatic heterocycles. The molecular formula is C13H17NO6S. The average Bonchev–Trinajstić information content (AvgIpc) is 2.37. The first-order valence-electron chi connectivity index (χ1n) is 6.23. The smallest absolute Gasteiger partial charge is 0.329 e. The second-order valence-corrected chi connectivity index (χ2v) is 5.84. The van der Waals surface area contributed by atoms with Gasteiger partial charge in [-0.3, -0.25) is 9.35 Å². The van der Waals surface area contributed by atoms with Crippen LogP contribution in [0.25, 0.3) is 0 Å². The molecule has 0 spiro atoms. The van der Waals surface area contributed by atoms with Crippen molar-refractivity contribution in [3.63, 3.8) is 0 Å².